The van der Waals surface area contributed by atoms with E-state index in [9.17, 15) is 9.59 Å². The summed E-state index contributed by atoms with van der Waals surface area (Å²) in [6.07, 6.45) is 0. The largest absolute Gasteiger partial charge is 0.459 e. The summed E-state index contributed by atoms with van der Waals surface area (Å²) < 4.78 is 11.2. The molecule has 0 atom stereocenters. The quantitative estimate of drug-likeness (QED) is 0.524. The third-order valence-electron chi connectivity index (χ3n) is 3.92. The average Bonchev–Trinajstić information content (AvgIpc) is 3.22. The van der Waals surface area contributed by atoms with Crippen LogP contribution in [0.1, 0.15) is 44.0 Å². The molecule has 1 aromatic carbocycles. The topological polar surface area (TPSA) is 81.4 Å². The van der Waals surface area contributed by atoms with Crippen molar-refractivity contribution in [1.82, 2.24) is 10.3 Å². The van der Waals surface area contributed by atoms with E-state index in [-0.39, 0.29) is 11.7 Å². The molecule has 0 radical (unpaired) electrons. The van der Waals surface area contributed by atoms with Crippen LogP contribution in [-0.4, -0.2) is 23.4 Å². The number of rotatable bonds is 5. The molecule has 0 spiro atoms. The lowest BCUT2D eigenvalue weighted by atomic mass is 10.1. The van der Waals surface area contributed by atoms with E-state index in [1.165, 1.54) is 11.3 Å². The van der Waals surface area contributed by atoms with Gasteiger partial charge in [-0.25, -0.2) is 9.78 Å². The Morgan fingerprint density at radius 3 is 2.63 bits per heavy atom. The molecule has 3 rings (SSSR count). The maximum Gasteiger partial charge on any atom is 0.355 e. The number of amides is 1. The van der Waals surface area contributed by atoms with E-state index in [4.69, 9.17) is 9.15 Å². The number of thiazole rings is 1. The van der Waals surface area contributed by atoms with Gasteiger partial charge in [0.2, 0.25) is 0 Å². The zero-order chi connectivity index (χ0) is 19.6. The van der Waals surface area contributed by atoms with Crippen molar-refractivity contribution < 1.29 is 18.7 Å². The molecule has 0 aliphatic heterocycles. The minimum absolute atomic E-state index is 0.261. The van der Waals surface area contributed by atoms with E-state index in [1.54, 1.807) is 32.0 Å². The molecule has 1 amide bonds. The van der Waals surface area contributed by atoms with Gasteiger partial charge >= 0.3 is 5.97 Å². The van der Waals surface area contributed by atoms with Gasteiger partial charge in [-0.2, -0.15) is 0 Å². The maximum atomic E-state index is 12.8. The molecule has 0 aliphatic carbocycles. The van der Waals surface area contributed by atoms with Crippen LogP contribution in [0, 0.1) is 20.8 Å². The lowest BCUT2D eigenvalue weighted by molar-refractivity contribution is 0.0735. The third-order valence-corrected chi connectivity index (χ3v) is 5.07. The third kappa shape index (κ3) is 3.93. The molecule has 140 valence electrons. The van der Waals surface area contributed by atoms with Gasteiger partial charge in [0.25, 0.3) is 5.91 Å². The van der Waals surface area contributed by atoms with E-state index in [1.807, 2.05) is 26.0 Å². The number of ether oxygens (including phenoxy) is 1. The molecular formula is C20H20N2O4S. The fraction of sp³-hybridized carbons (Fsp3) is 0.250. The van der Waals surface area contributed by atoms with Crippen molar-refractivity contribution in [2.75, 3.05) is 6.54 Å². The Labute approximate surface area is 161 Å². The number of hydrogen-bond donors (Lipinski definition) is 1. The van der Waals surface area contributed by atoms with Crippen LogP contribution in [-0.2, 0) is 0 Å². The fourth-order valence-electron chi connectivity index (χ4n) is 2.60. The van der Waals surface area contributed by atoms with Crippen molar-refractivity contribution in [2.45, 2.75) is 27.7 Å². The van der Waals surface area contributed by atoms with Gasteiger partial charge in [0.05, 0.1) is 11.3 Å². The van der Waals surface area contributed by atoms with E-state index in [0.29, 0.717) is 39.0 Å². The molecular weight excluding hydrogens is 364 g/mol. The summed E-state index contributed by atoms with van der Waals surface area (Å²) in [7, 11) is 0. The van der Waals surface area contributed by atoms with Crippen molar-refractivity contribution in [1.29, 1.82) is 0 Å². The van der Waals surface area contributed by atoms with E-state index in [0.717, 1.165) is 5.76 Å². The number of nitrogens with zero attached hydrogens (tertiary/aromatic N) is 1. The highest BCUT2D eigenvalue weighted by molar-refractivity contribution is 7.17. The molecule has 0 unspecified atom stereocenters. The van der Waals surface area contributed by atoms with Gasteiger partial charge in [-0.3, -0.25) is 4.79 Å². The normalized spacial score (nSPS) is 10.7. The Kier molecular flexibility index (Phi) is 5.41. The van der Waals surface area contributed by atoms with E-state index in [2.05, 4.69) is 10.3 Å². The highest BCUT2D eigenvalue weighted by Gasteiger charge is 2.23. The van der Waals surface area contributed by atoms with Crippen molar-refractivity contribution in [2.24, 2.45) is 0 Å². The molecule has 6 nitrogen and oxygen atoms in total. The Bertz CT molecular complexity index is 1000. The Hall–Kier alpha value is -2.93. The van der Waals surface area contributed by atoms with Crippen LogP contribution >= 0.6 is 11.3 Å². The number of hydrogen-bond acceptors (Lipinski definition) is 6. The van der Waals surface area contributed by atoms with Crippen molar-refractivity contribution in [3.05, 3.63) is 57.8 Å². The SMILES string of the molecule is CCNC(=O)c1cccc(C)c1OC(=O)c1sc(-c2ccc(C)o2)nc1C. The lowest BCUT2D eigenvalue weighted by Gasteiger charge is -2.12. The van der Waals surface area contributed by atoms with Crippen LogP contribution in [0.3, 0.4) is 0 Å². The zero-order valence-electron chi connectivity index (χ0n) is 15.6. The van der Waals surface area contributed by atoms with Crippen molar-refractivity contribution >= 4 is 23.2 Å². The van der Waals surface area contributed by atoms with Gasteiger partial charge in [-0.05, 0) is 51.5 Å². The maximum absolute atomic E-state index is 12.8. The second-order valence-electron chi connectivity index (χ2n) is 6.04. The molecule has 0 bridgehead atoms. The first-order valence-corrected chi connectivity index (χ1v) is 9.36. The number of carbonyl (C=O) groups is 2. The minimum Gasteiger partial charge on any atom is -0.459 e. The fourth-order valence-corrected chi connectivity index (χ4v) is 3.51. The molecule has 0 fully saturated rings. The Morgan fingerprint density at radius 1 is 1.19 bits per heavy atom. The number of aromatic nitrogens is 1. The number of nitrogens with one attached hydrogen (secondary N) is 1. The number of benzene rings is 1. The van der Waals surface area contributed by atoms with Gasteiger partial charge in [0.15, 0.2) is 10.8 Å². The van der Waals surface area contributed by atoms with Crippen LogP contribution in [0.5, 0.6) is 5.75 Å². The van der Waals surface area contributed by atoms with Gasteiger partial charge in [-0.15, -0.1) is 11.3 Å². The number of aryl methyl sites for hydroxylation is 3. The van der Waals surface area contributed by atoms with Crippen molar-refractivity contribution in [3.8, 4) is 16.5 Å². The molecule has 0 saturated heterocycles. The summed E-state index contributed by atoms with van der Waals surface area (Å²) in [6.45, 7) is 7.70. The summed E-state index contributed by atoms with van der Waals surface area (Å²) in [5.74, 6) is 0.819. The number of furan rings is 1. The molecule has 7 heteroatoms. The second-order valence-corrected chi connectivity index (χ2v) is 7.04. The smallest absolute Gasteiger partial charge is 0.355 e. The number of esters is 1. The van der Waals surface area contributed by atoms with Gasteiger partial charge in [0.1, 0.15) is 16.4 Å². The lowest BCUT2D eigenvalue weighted by Crippen LogP contribution is -2.24. The molecule has 2 aromatic heterocycles. The summed E-state index contributed by atoms with van der Waals surface area (Å²) in [4.78, 5) is 29.8. The van der Waals surface area contributed by atoms with Crippen molar-refractivity contribution in [3.63, 3.8) is 0 Å². The predicted octanol–water partition coefficient (Wildman–Crippen LogP) is 4.30. The first-order chi connectivity index (χ1) is 12.9. The predicted molar refractivity (Wildman–Crippen MR) is 103 cm³/mol. The van der Waals surface area contributed by atoms with E-state index < -0.39 is 5.97 Å². The van der Waals surface area contributed by atoms with Crippen LogP contribution in [0.4, 0.5) is 0 Å². The highest BCUT2D eigenvalue weighted by Crippen LogP contribution is 2.31. The van der Waals surface area contributed by atoms with Gasteiger partial charge in [-0.1, -0.05) is 12.1 Å². The molecule has 3 aromatic rings. The molecule has 27 heavy (non-hydrogen) atoms. The summed E-state index contributed by atoms with van der Waals surface area (Å²) in [6, 6.07) is 8.85. The van der Waals surface area contributed by atoms with Crippen LogP contribution < -0.4 is 10.1 Å². The second kappa shape index (κ2) is 7.75. The molecule has 0 aliphatic rings. The van der Waals surface area contributed by atoms with Gasteiger partial charge < -0.3 is 14.5 Å². The number of para-hydroxylation sites is 1. The zero-order valence-corrected chi connectivity index (χ0v) is 16.4. The Morgan fingerprint density at radius 2 is 1.96 bits per heavy atom. The monoisotopic (exact) mass is 384 g/mol. The molecule has 1 N–H and O–H groups in total. The highest BCUT2D eigenvalue weighted by atomic mass is 32.1. The van der Waals surface area contributed by atoms with E-state index >= 15 is 0 Å². The van der Waals surface area contributed by atoms with Crippen LogP contribution in [0.25, 0.3) is 10.8 Å². The summed E-state index contributed by atoms with van der Waals surface area (Å²) in [5, 5.41) is 3.34. The minimum atomic E-state index is -0.542. The number of carbonyl (C=O) groups excluding carboxylic acids is 2. The van der Waals surface area contributed by atoms with Crippen LogP contribution in [0.15, 0.2) is 34.7 Å². The molecule has 0 saturated carbocycles. The first kappa shape index (κ1) is 18.8. The Balaban J connectivity index is 1.90. The van der Waals surface area contributed by atoms with Crippen LogP contribution in [0.2, 0.25) is 0 Å². The average molecular weight is 384 g/mol. The molecule has 2 heterocycles. The summed E-state index contributed by atoms with van der Waals surface area (Å²) >= 11 is 1.20. The first-order valence-electron chi connectivity index (χ1n) is 8.55. The summed E-state index contributed by atoms with van der Waals surface area (Å²) in [5.41, 5.74) is 1.59. The standard InChI is InChI=1S/C20H20N2O4S/c1-5-21-18(23)14-8-6-7-11(2)16(14)26-20(24)17-13(4)22-19(27-17)15-10-9-12(3)25-15/h6-10H,5H2,1-4H3,(H,21,23). The van der Waals surface area contributed by atoms with Gasteiger partial charge in [0, 0.05) is 6.54 Å².